The SMILES string of the molecule is C[C@@]1(C(=O)O)CCN(C(=O)CCc2ccc(Cl)s2)C1. The molecule has 1 aromatic rings. The van der Waals surface area contributed by atoms with E-state index < -0.39 is 11.4 Å². The molecule has 2 heterocycles. The molecule has 104 valence electrons. The molecule has 6 heteroatoms. The molecular formula is C13H16ClNO3S. The molecule has 19 heavy (non-hydrogen) atoms. The first-order chi connectivity index (χ1) is 8.90. The molecule has 1 aromatic heterocycles. The van der Waals surface area contributed by atoms with Crippen molar-refractivity contribution in [2.45, 2.75) is 26.2 Å². The van der Waals surface area contributed by atoms with E-state index in [1.54, 1.807) is 11.8 Å². The molecule has 1 aliphatic rings. The van der Waals surface area contributed by atoms with Gasteiger partial charge in [-0.3, -0.25) is 9.59 Å². The lowest BCUT2D eigenvalue weighted by molar-refractivity contribution is -0.147. The zero-order chi connectivity index (χ0) is 14.0. The maximum absolute atomic E-state index is 12.0. The van der Waals surface area contributed by atoms with Crippen molar-refractivity contribution in [3.05, 3.63) is 21.3 Å². The van der Waals surface area contributed by atoms with Gasteiger partial charge >= 0.3 is 5.97 Å². The van der Waals surface area contributed by atoms with E-state index in [-0.39, 0.29) is 5.91 Å². The van der Waals surface area contributed by atoms with E-state index in [0.717, 1.165) is 9.21 Å². The van der Waals surface area contributed by atoms with E-state index >= 15 is 0 Å². The monoisotopic (exact) mass is 301 g/mol. The van der Waals surface area contributed by atoms with Crippen LogP contribution in [0.5, 0.6) is 0 Å². The smallest absolute Gasteiger partial charge is 0.311 e. The lowest BCUT2D eigenvalue weighted by Gasteiger charge is -2.20. The second-order valence-electron chi connectivity index (χ2n) is 5.14. The van der Waals surface area contributed by atoms with Gasteiger partial charge in [-0.2, -0.15) is 0 Å². The van der Waals surface area contributed by atoms with Crippen molar-refractivity contribution in [1.29, 1.82) is 0 Å². The van der Waals surface area contributed by atoms with Gasteiger partial charge in [0.1, 0.15) is 0 Å². The number of carbonyl (C=O) groups excluding carboxylic acids is 1. The normalized spacial score (nSPS) is 22.7. The Bertz CT molecular complexity index is 502. The molecule has 0 spiro atoms. The first-order valence-corrected chi connectivity index (χ1v) is 7.35. The predicted octanol–water partition coefficient (Wildman–Crippen LogP) is 2.66. The van der Waals surface area contributed by atoms with Gasteiger partial charge in [0.15, 0.2) is 0 Å². The van der Waals surface area contributed by atoms with E-state index in [9.17, 15) is 9.59 Å². The lowest BCUT2D eigenvalue weighted by atomic mass is 9.90. The number of carboxylic acids is 1. The van der Waals surface area contributed by atoms with E-state index in [1.807, 2.05) is 12.1 Å². The minimum Gasteiger partial charge on any atom is -0.481 e. The Morgan fingerprint density at radius 3 is 2.79 bits per heavy atom. The number of hydrogen-bond donors (Lipinski definition) is 1. The largest absolute Gasteiger partial charge is 0.481 e. The van der Waals surface area contributed by atoms with Crippen molar-refractivity contribution in [1.82, 2.24) is 4.90 Å². The maximum Gasteiger partial charge on any atom is 0.311 e. The third-order valence-corrected chi connectivity index (χ3v) is 4.85. The van der Waals surface area contributed by atoms with Crippen LogP contribution in [0.25, 0.3) is 0 Å². The lowest BCUT2D eigenvalue weighted by Crippen LogP contribution is -2.34. The zero-order valence-electron chi connectivity index (χ0n) is 10.7. The molecule has 4 nitrogen and oxygen atoms in total. The third-order valence-electron chi connectivity index (χ3n) is 3.56. The molecule has 1 aliphatic heterocycles. The molecule has 0 aromatic carbocycles. The van der Waals surface area contributed by atoms with E-state index in [0.29, 0.717) is 32.4 Å². The first kappa shape index (κ1) is 14.3. The van der Waals surface area contributed by atoms with Crippen LogP contribution in [0.2, 0.25) is 4.34 Å². The van der Waals surface area contributed by atoms with Crippen molar-refractivity contribution in [3.8, 4) is 0 Å². The third kappa shape index (κ3) is 3.28. The molecule has 1 saturated heterocycles. The van der Waals surface area contributed by atoms with E-state index in [2.05, 4.69) is 0 Å². The fourth-order valence-electron chi connectivity index (χ4n) is 2.22. The standard InChI is InChI=1S/C13H16ClNO3S/c1-13(12(17)18)6-7-15(8-13)11(16)5-3-9-2-4-10(14)19-9/h2,4H,3,5-8H2,1H3,(H,17,18)/t13-/m1/s1. The summed E-state index contributed by atoms with van der Waals surface area (Å²) in [5.74, 6) is -0.803. The Morgan fingerprint density at radius 2 is 2.26 bits per heavy atom. The van der Waals surface area contributed by atoms with E-state index in [1.165, 1.54) is 11.3 Å². The van der Waals surface area contributed by atoms with Crippen LogP contribution in [0.1, 0.15) is 24.6 Å². The molecule has 2 rings (SSSR count). The highest BCUT2D eigenvalue weighted by Gasteiger charge is 2.41. The number of hydrogen-bond acceptors (Lipinski definition) is 3. The average molecular weight is 302 g/mol. The van der Waals surface area contributed by atoms with Gasteiger partial charge in [-0.15, -0.1) is 11.3 Å². The summed E-state index contributed by atoms with van der Waals surface area (Å²) in [5.41, 5.74) is -0.790. The Kier molecular flexibility index (Phi) is 4.16. The number of aliphatic carboxylic acids is 1. The quantitative estimate of drug-likeness (QED) is 0.930. The Hall–Kier alpha value is -1.07. The number of halogens is 1. The Balaban J connectivity index is 1.86. The van der Waals surface area contributed by atoms with Gasteiger partial charge in [0.05, 0.1) is 9.75 Å². The van der Waals surface area contributed by atoms with Gasteiger partial charge in [0.25, 0.3) is 0 Å². The van der Waals surface area contributed by atoms with Crippen molar-refractivity contribution >= 4 is 34.8 Å². The minimum atomic E-state index is -0.826. The summed E-state index contributed by atoms with van der Waals surface area (Å²) in [4.78, 5) is 25.9. The highest BCUT2D eigenvalue weighted by molar-refractivity contribution is 7.16. The van der Waals surface area contributed by atoms with Crippen molar-refractivity contribution in [2.75, 3.05) is 13.1 Å². The summed E-state index contributed by atoms with van der Waals surface area (Å²) in [6.07, 6.45) is 1.60. The molecule has 0 saturated carbocycles. The van der Waals surface area contributed by atoms with Crippen LogP contribution in [-0.2, 0) is 16.0 Å². The van der Waals surface area contributed by atoms with Crippen LogP contribution in [-0.4, -0.2) is 35.0 Å². The molecule has 1 N–H and O–H groups in total. The van der Waals surface area contributed by atoms with Gasteiger partial charge in [0, 0.05) is 24.4 Å². The summed E-state index contributed by atoms with van der Waals surface area (Å²) < 4.78 is 0.724. The van der Waals surface area contributed by atoms with Crippen LogP contribution in [0.4, 0.5) is 0 Å². The number of likely N-dealkylation sites (tertiary alicyclic amines) is 1. The summed E-state index contributed by atoms with van der Waals surface area (Å²) in [7, 11) is 0. The van der Waals surface area contributed by atoms with E-state index in [4.69, 9.17) is 16.7 Å². The number of aryl methyl sites for hydroxylation is 1. The predicted molar refractivity (Wildman–Crippen MR) is 74.6 cm³/mol. The molecule has 1 amide bonds. The molecule has 0 aliphatic carbocycles. The first-order valence-electron chi connectivity index (χ1n) is 6.16. The minimum absolute atomic E-state index is 0.0227. The van der Waals surface area contributed by atoms with Crippen molar-refractivity contribution in [2.24, 2.45) is 5.41 Å². The highest BCUT2D eigenvalue weighted by Crippen LogP contribution is 2.30. The number of nitrogens with zero attached hydrogens (tertiary/aromatic N) is 1. The molecule has 0 unspecified atom stereocenters. The van der Waals surface area contributed by atoms with Crippen LogP contribution < -0.4 is 0 Å². The zero-order valence-corrected chi connectivity index (χ0v) is 12.3. The molecule has 0 radical (unpaired) electrons. The molecule has 1 atom stereocenters. The summed E-state index contributed by atoms with van der Waals surface area (Å²) in [5, 5.41) is 9.13. The number of carbonyl (C=O) groups is 2. The second kappa shape index (κ2) is 5.51. The van der Waals surface area contributed by atoms with Gasteiger partial charge in [0.2, 0.25) is 5.91 Å². The highest BCUT2D eigenvalue weighted by atomic mass is 35.5. The van der Waals surface area contributed by atoms with Gasteiger partial charge < -0.3 is 10.0 Å². The summed E-state index contributed by atoms with van der Waals surface area (Å²) in [6.45, 7) is 2.54. The van der Waals surface area contributed by atoms with Gasteiger partial charge in [-0.05, 0) is 31.9 Å². The number of carboxylic acid groups (broad SMARTS) is 1. The van der Waals surface area contributed by atoms with Crippen molar-refractivity contribution in [3.63, 3.8) is 0 Å². The fourth-order valence-corrected chi connectivity index (χ4v) is 3.31. The molecule has 0 bridgehead atoms. The van der Waals surface area contributed by atoms with Gasteiger partial charge in [-0.1, -0.05) is 11.6 Å². The maximum atomic E-state index is 12.0. The van der Waals surface area contributed by atoms with Crippen LogP contribution in [0, 0.1) is 5.41 Å². The average Bonchev–Trinajstić information content (AvgIpc) is 2.94. The number of rotatable bonds is 4. The number of amides is 1. The summed E-state index contributed by atoms with van der Waals surface area (Å²) >= 11 is 7.31. The van der Waals surface area contributed by atoms with Crippen molar-refractivity contribution < 1.29 is 14.7 Å². The fraction of sp³-hybridized carbons (Fsp3) is 0.538. The van der Waals surface area contributed by atoms with Gasteiger partial charge in [-0.25, -0.2) is 0 Å². The topological polar surface area (TPSA) is 57.6 Å². The number of thiophene rings is 1. The second-order valence-corrected chi connectivity index (χ2v) is 6.94. The Morgan fingerprint density at radius 1 is 1.53 bits per heavy atom. The molecular weight excluding hydrogens is 286 g/mol. The Labute approximate surface area is 121 Å². The summed E-state index contributed by atoms with van der Waals surface area (Å²) in [6, 6.07) is 3.75. The van der Waals surface area contributed by atoms with Crippen LogP contribution >= 0.6 is 22.9 Å². The van der Waals surface area contributed by atoms with Crippen LogP contribution in [0.15, 0.2) is 12.1 Å². The van der Waals surface area contributed by atoms with Crippen LogP contribution in [0.3, 0.4) is 0 Å². The molecule has 1 fully saturated rings.